The molecule has 0 aliphatic carbocycles. The maximum Gasteiger partial charge on any atom is 0.263 e. The van der Waals surface area contributed by atoms with Gasteiger partial charge in [0.2, 0.25) is 10.0 Å². The lowest BCUT2D eigenvalue weighted by atomic mass is 10.0. The predicted molar refractivity (Wildman–Crippen MR) is 112 cm³/mol. The molecule has 2 aromatic rings. The van der Waals surface area contributed by atoms with Crippen LogP contribution in [0.1, 0.15) is 31.9 Å². The predicted octanol–water partition coefficient (Wildman–Crippen LogP) is 2.88. The topological polar surface area (TPSA) is 84.9 Å². The van der Waals surface area contributed by atoms with Gasteiger partial charge in [-0.3, -0.25) is 9.10 Å². The maximum atomic E-state index is 13.0. The molecule has 0 saturated heterocycles. The maximum absolute atomic E-state index is 13.0. The first-order chi connectivity index (χ1) is 13.9. The number of ether oxygens (including phenoxy) is 2. The number of methoxy groups -OCH3 is 1. The van der Waals surface area contributed by atoms with Crippen LogP contribution in [-0.2, 0) is 14.8 Å². The van der Waals surface area contributed by atoms with Gasteiger partial charge in [-0.05, 0) is 43.2 Å². The van der Waals surface area contributed by atoms with E-state index in [0.717, 1.165) is 11.3 Å². The Labute approximate surface area is 171 Å². The minimum Gasteiger partial charge on any atom is -0.497 e. The average molecular weight is 419 g/mol. The van der Waals surface area contributed by atoms with Crippen molar-refractivity contribution in [2.24, 2.45) is 0 Å². The van der Waals surface area contributed by atoms with Crippen molar-refractivity contribution in [2.75, 3.05) is 23.7 Å². The van der Waals surface area contributed by atoms with Crippen molar-refractivity contribution in [1.29, 1.82) is 0 Å². The Kier molecular flexibility index (Phi) is 6.32. The van der Waals surface area contributed by atoms with E-state index in [4.69, 9.17) is 9.47 Å². The Bertz CT molecular complexity index is 959. The van der Waals surface area contributed by atoms with Crippen molar-refractivity contribution in [2.45, 2.75) is 32.4 Å². The Balaban J connectivity index is 1.81. The zero-order chi connectivity index (χ0) is 21.0. The van der Waals surface area contributed by atoms with E-state index >= 15 is 0 Å². The molecule has 0 spiro atoms. The lowest BCUT2D eigenvalue weighted by molar-refractivity contribution is -0.128. The van der Waals surface area contributed by atoms with Crippen LogP contribution in [0.2, 0.25) is 0 Å². The Hall–Kier alpha value is -2.74. The molecule has 0 aromatic heterocycles. The summed E-state index contributed by atoms with van der Waals surface area (Å²) in [6, 6.07) is 14.1. The molecule has 2 atom stereocenters. The fourth-order valence-corrected chi connectivity index (χ4v) is 4.40. The molecule has 156 valence electrons. The van der Waals surface area contributed by atoms with Crippen LogP contribution in [0.25, 0.3) is 0 Å². The van der Waals surface area contributed by atoms with Crippen molar-refractivity contribution >= 4 is 21.6 Å². The van der Waals surface area contributed by atoms with Gasteiger partial charge in [0.15, 0.2) is 6.10 Å². The molecule has 0 fully saturated rings. The third-order valence-electron chi connectivity index (χ3n) is 4.97. The SMILES string of the molecule is CC[C@H](NC(=O)[C@H]1CN(S(=O)(=O)CC)c2ccccc2O1)c1ccc(OC)cc1. The third kappa shape index (κ3) is 4.48. The molecular formula is C21H26N2O5S. The minimum absolute atomic E-state index is 0.0564. The van der Waals surface area contributed by atoms with E-state index < -0.39 is 16.1 Å². The number of para-hydroxylation sites is 2. The summed E-state index contributed by atoms with van der Waals surface area (Å²) in [7, 11) is -1.94. The number of anilines is 1. The van der Waals surface area contributed by atoms with E-state index in [1.807, 2.05) is 31.2 Å². The van der Waals surface area contributed by atoms with Gasteiger partial charge in [0.05, 0.1) is 31.1 Å². The molecule has 8 heteroatoms. The Morgan fingerprint density at radius 2 is 1.90 bits per heavy atom. The standard InChI is InChI=1S/C21H26N2O5S/c1-4-17(15-10-12-16(27-3)13-11-15)22-21(24)20-14-23(29(25,26)5-2)18-8-6-7-9-19(18)28-20/h6-13,17,20H,4-5,14H2,1-3H3,(H,22,24)/t17-,20+/m0/s1. The molecule has 1 heterocycles. The number of amides is 1. The molecule has 1 amide bonds. The first-order valence-corrected chi connectivity index (χ1v) is 11.2. The van der Waals surface area contributed by atoms with Crippen molar-refractivity contribution < 1.29 is 22.7 Å². The van der Waals surface area contributed by atoms with Gasteiger partial charge in [-0.25, -0.2) is 8.42 Å². The fourth-order valence-electron chi connectivity index (χ4n) is 3.28. The van der Waals surface area contributed by atoms with Crippen molar-refractivity contribution in [1.82, 2.24) is 5.32 Å². The number of hydrogen-bond donors (Lipinski definition) is 1. The van der Waals surface area contributed by atoms with Crippen LogP contribution in [-0.4, -0.2) is 39.8 Å². The van der Waals surface area contributed by atoms with E-state index in [1.54, 1.807) is 38.3 Å². The zero-order valence-corrected chi connectivity index (χ0v) is 17.6. The molecule has 3 rings (SSSR count). The van der Waals surface area contributed by atoms with Crippen molar-refractivity contribution in [3.8, 4) is 11.5 Å². The highest BCUT2D eigenvalue weighted by Gasteiger charge is 2.36. The van der Waals surface area contributed by atoms with E-state index in [-0.39, 0.29) is 24.2 Å². The molecule has 2 aromatic carbocycles. The van der Waals surface area contributed by atoms with Crippen LogP contribution < -0.4 is 19.1 Å². The van der Waals surface area contributed by atoms with Crippen LogP contribution in [0, 0.1) is 0 Å². The highest BCUT2D eigenvalue weighted by atomic mass is 32.2. The fraction of sp³-hybridized carbons (Fsp3) is 0.381. The summed E-state index contributed by atoms with van der Waals surface area (Å²) in [6.07, 6.45) is -0.253. The molecule has 0 saturated carbocycles. The number of fused-ring (bicyclic) bond motifs is 1. The Morgan fingerprint density at radius 3 is 2.52 bits per heavy atom. The van der Waals surface area contributed by atoms with Crippen molar-refractivity contribution in [3.05, 3.63) is 54.1 Å². The molecular weight excluding hydrogens is 392 g/mol. The van der Waals surface area contributed by atoms with Crippen LogP contribution in [0.3, 0.4) is 0 Å². The molecule has 29 heavy (non-hydrogen) atoms. The van der Waals surface area contributed by atoms with E-state index in [9.17, 15) is 13.2 Å². The molecule has 0 unspecified atom stereocenters. The summed E-state index contributed by atoms with van der Waals surface area (Å²) < 4.78 is 37.4. The summed E-state index contributed by atoms with van der Waals surface area (Å²) in [5, 5.41) is 2.98. The summed E-state index contributed by atoms with van der Waals surface area (Å²) >= 11 is 0. The number of rotatable bonds is 7. The Morgan fingerprint density at radius 1 is 1.21 bits per heavy atom. The zero-order valence-electron chi connectivity index (χ0n) is 16.8. The molecule has 1 N–H and O–H groups in total. The first-order valence-electron chi connectivity index (χ1n) is 9.60. The van der Waals surface area contributed by atoms with Gasteiger partial charge in [-0.2, -0.15) is 0 Å². The minimum atomic E-state index is -3.54. The summed E-state index contributed by atoms with van der Waals surface area (Å²) in [4.78, 5) is 13.0. The van der Waals surface area contributed by atoms with Gasteiger partial charge in [0.1, 0.15) is 11.5 Å². The lowest BCUT2D eigenvalue weighted by Gasteiger charge is -2.35. The first kappa shape index (κ1) is 21.0. The van der Waals surface area contributed by atoms with Gasteiger partial charge in [-0.1, -0.05) is 31.2 Å². The summed E-state index contributed by atoms with van der Waals surface area (Å²) in [6.45, 7) is 3.50. The van der Waals surface area contributed by atoms with E-state index in [0.29, 0.717) is 17.9 Å². The van der Waals surface area contributed by atoms with Gasteiger partial charge in [0.25, 0.3) is 5.91 Å². The molecule has 1 aliphatic rings. The largest absolute Gasteiger partial charge is 0.497 e. The second-order valence-electron chi connectivity index (χ2n) is 6.75. The average Bonchev–Trinajstić information content (AvgIpc) is 2.76. The smallest absolute Gasteiger partial charge is 0.263 e. The van der Waals surface area contributed by atoms with Crippen LogP contribution in [0.5, 0.6) is 11.5 Å². The van der Waals surface area contributed by atoms with Crippen LogP contribution in [0.15, 0.2) is 48.5 Å². The molecule has 1 aliphatic heterocycles. The number of carbonyl (C=O) groups excluding carboxylic acids is 1. The third-order valence-corrected chi connectivity index (χ3v) is 6.72. The number of carbonyl (C=O) groups is 1. The highest BCUT2D eigenvalue weighted by molar-refractivity contribution is 7.92. The molecule has 7 nitrogen and oxygen atoms in total. The lowest BCUT2D eigenvalue weighted by Crippen LogP contribution is -2.51. The number of sulfonamides is 1. The second-order valence-corrected chi connectivity index (χ2v) is 8.93. The van der Waals surface area contributed by atoms with E-state index in [2.05, 4.69) is 5.32 Å². The van der Waals surface area contributed by atoms with Crippen LogP contribution >= 0.6 is 0 Å². The summed E-state index contributed by atoms with van der Waals surface area (Å²) in [5.41, 5.74) is 1.40. The van der Waals surface area contributed by atoms with Gasteiger partial charge in [0, 0.05) is 0 Å². The van der Waals surface area contributed by atoms with Crippen LogP contribution in [0.4, 0.5) is 5.69 Å². The molecule has 0 radical (unpaired) electrons. The quantitative estimate of drug-likeness (QED) is 0.747. The van der Waals surface area contributed by atoms with Gasteiger partial charge < -0.3 is 14.8 Å². The van der Waals surface area contributed by atoms with Gasteiger partial charge >= 0.3 is 0 Å². The number of benzene rings is 2. The highest BCUT2D eigenvalue weighted by Crippen LogP contribution is 2.35. The van der Waals surface area contributed by atoms with Crippen molar-refractivity contribution in [3.63, 3.8) is 0 Å². The number of nitrogens with one attached hydrogen (secondary N) is 1. The molecule has 0 bridgehead atoms. The number of nitrogens with zero attached hydrogens (tertiary/aromatic N) is 1. The normalized spacial score (nSPS) is 17.1. The summed E-state index contributed by atoms with van der Waals surface area (Å²) in [5.74, 6) is 0.716. The van der Waals surface area contributed by atoms with E-state index in [1.165, 1.54) is 4.31 Å². The second kappa shape index (κ2) is 8.73. The monoisotopic (exact) mass is 418 g/mol. The number of hydrogen-bond acceptors (Lipinski definition) is 5. The van der Waals surface area contributed by atoms with Gasteiger partial charge in [-0.15, -0.1) is 0 Å².